The Labute approximate surface area is 112 Å². The molecular formula is C15H18N2S. The highest BCUT2D eigenvalue weighted by molar-refractivity contribution is 7.07. The molecule has 0 saturated heterocycles. The van der Waals surface area contributed by atoms with E-state index in [-0.39, 0.29) is 6.04 Å². The number of hydrogen-bond donors (Lipinski definition) is 2. The summed E-state index contributed by atoms with van der Waals surface area (Å²) in [7, 11) is 0. The van der Waals surface area contributed by atoms with Crippen molar-refractivity contribution in [2.24, 2.45) is 11.8 Å². The van der Waals surface area contributed by atoms with Crippen LogP contribution >= 0.6 is 11.3 Å². The van der Waals surface area contributed by atoms with Gasteiger partial charge in [0.1, 0.15) is 0 Å². The minimum atomic E-state index is 0.282. The quantitative estimate of drug-likeness (QED) is 0.656. The Morgan fingerprint density at radius 3 is 2.78 bits per heavy atom. The molecule has 0 saturated carbocycles. The van der Waals surface area contributed by atoms with Crippen LogP contribution in [0.2, 0.25) is 0 Å². The van der Waals surface area contributed by atoms with Gasteiger partial charge >= 0.3 is 0 Å². The number of hydrogen-bond acceptors (Lipinski definition) is 3. The summed E-state index contributed by atoms with van der Waals surface area (Å²) in [5, 5.41) is 4.32. The Balaban J connectivity index is 1.82. The van der Waals surface area contributed by atoms with Crippen LogP contribution in [-0.4, -0.2) is 0 Å². The predicted molar refractivity (Wildman–Crippen MR) is 76.3 cm³/mol. The molecule has 0 aliphatic heterocycles. The Morgan fingerprint density at radius 1 is 1.22 bits per heavy atom. The number of hydrazine groups is 1. The summed E-state index contributed by atoms with van der Waals surface area (Å²) in [6.07, 6.45) is 3.51. The van der Waals surface area contributed by atoms with Gasteiger partial charge in [0.05, 0.1) is 0 Å². The van der Waals surface area contributed by atoms with E-state index in [1.165, 1.54) is 29.5 Å². The second kappa shape index (κ2) is 5.22. The molecule has 1 aromatic carbocycles. The van der Waals surface area contributed by atoms with E-state index in [2.05, 4.69) is 46.5 Å². The number of benzene rings is 1. The van der Waals surface area contributed by atoms with Crippen molar-refractivity contribution in [2.45, 2.75) is 25.3 Å². The van der Waals surface area contributed by atoms with Crippen LogP contribution in [0.4, 0.5) is 0 Å². The lowest BCUT2D eigenvalue weighted by Gasteiger charge is -2.31. The molecule has 18 heavy (non-hydrogen) atoms. The number of thiophene rings is 1. The molecule has 1 aliphatic rings. The number of nitrogens with two attached hydrogens (primary N) is 1. The molecule has 0 radical (unpaired) electrons. The summed E-state index contributed by atoms with van der Waals surface area (Å²) in [6.45, 7) is 0. The summed E-state index contributed by atoms with van der Waals surface area (Å²) in [5.74, 6) is 6.37. The zero-order valence-electron chi connectivity index (χ0n) is 10.3. The largest absolute Gasteiger partial charge is 0.271 e. The fraction of sp³-hybridized carbons (Fsp3) is 0.333. The van der Waals surface area contributed by atoms with Crippen LogP contribution in [0, 0.1) is 5.92 Å². The van der Waals surface area contributed by atoms with Crippen LogP contribution < -0.4 is 11.3 Å². The van der Waals surface area contributed by atoms with Crippen molar-refractivity contribution in [3.8, 4) is 0 Å². The molecule has 2 atom stereocenters. The first-order valence-corrected chi connectivity index (χ1v) is 7.38. The molecule has 3 heteroatoms. The molecular weight excluding hydrogens is 240 g/mol. The van der Waals surface area contributed by atoms with Crippen molar-refractivity contribution >= 4 is 11.3 Å². The van der Waals surface area contributed by atoms with Gasteiger partial charge in [-0.1, -0.05) is 24.3 Å². The molecule has 0 spiro atoms. The first kappa shape index (κ1) is 11.9. The molecule has 3 rings (SSSR count). The van der Waals surface area contributed by atoms with Gasteiger partial charge in [-0.05, 0) is 58.7 Å². The fourth-order valence-corrected chi connectivity index (χ4v) is 3.66. The predicted octanol–water partition coefficient (Wildman–Crippen LogP) is 3.06. The van der Waals surface area contributed by atoms with Crippen LogP contribution in [0.15, 0.2) is 41.1 Å². The average molecular weight is 258 g/mol. The summed E-state index contributed by atoms with van der Waals surface area (Å²) in [4.78, 5) is 0. The first-order valence-electron chi connectivity index (χ1n) is 6.43. The van der Waals surface area contributed by atoms with E-state index in [0.717, 1.165) is 6.42 Å². The molecule has 1 aromatic heterocycles. The lowest BCUT2D eigenvalue weighted by atomic mass is 9.79. The van der Waals surface area contributed by atoms with E-state index in [1.807, 2.05) is 0 Å². The molecule has 0 fully saturated rings. The molecule has 2 unspecified atom stereocenters. The maximum Gasteiger partial charge on any atom is 0.0499 e. The van der Waals surface area contributed by atoms with E-state index in [0.29, 0.717) is 5.92 Å². The first-order chi connectivity index (χ1) is 8.88. The van der Waals surface area contributed by atoms with Crippen LogP contribution in [0.3, 0.4) is 0 Å². The highest BCUT2D eigenvalue weighted by atomic mass is 32.1. The van der Waals surface area contributed by atoms with Crippen molar-refractivity contribution in [3.05, 3.63) is 57.8 Å². The van der Waals surface area contributed by atoms with Crippen LogP contribution in [0.25, 0.3) is 0 Å². The summed E-state index contributed by atoms with van der Waals surface area (Å²) >= 11 is 1.74. The normalized spacial score (nSPS) is 20.4. The second-order valence-electron chi connectivity index (χ2n) is 4.97. The number of rotatable bonds is 3. The smallest absolute Gasteiger partial charge is 0.0499 e. The molecule has 1 heterocycles. The van der Waals surface area contributed by atoms with Gasteiger partial charge in [0.25, 0.3) is 0 Å². The average Bonchev–Trinajstić information content (AvgIpc) is 2.93. The zero-order valence-corrected chi connectivity index (χ0v) is 11.1. The van der Waals surface area contributed by atoms with E-state index >= 15 is 0 Å². The van der Waals surface area contributed by atoms with Gasteiger partial charge in [0.2, 0.25) is 0 Å². The van der Waals surface area contributed by atoms with Crippen molar-refractivity contribution < 1.29 is 0 Å². The third kappa shape index (κ3) is 2.21. The third-order valence-electron chi connectivity index (χ3n) is 3.94. The Kier molecular flexibility index (Phi) is 3.46. The minimum Gasteiger partial charge on any atom is -0.271 e. The van der Waals surface area contributed by atoms with Crippen LogP contribution in [0.1, 0.15) is 29.2 Å². The summed E-state index contributed by atoms with van der Waals surface area (Å²) in [5.41, 5.74) is 7.34. The lowest BCUT2D eigenvalue weighted by Crippen LogP contribution is -2.35. The Bertz CT molecular complexity index is 507. The number of aryl methyl sites for hydroxylation is 1. The molecule has 1 aliphatic carbocycles. The molecule has 94 valence electrons. The highest BCUT2D eigenvalue weighted by Gasteiger charge is 2.26. The number of fused-ring (bicyclic) bond motifs is 1. The molecule has 3 N–H and O–H groups in total. The molecule has 2 aromatic rings. The van der Waals surface area contributed by atoms with Crippen molar-refractivity contribution in [1.82, 2.24) is 5.43 Å². The topological polar surface area (TPSA) is 38.0 Å². The minimum absolute atomic E-state index is 0.282. The van der Waals surface area contributed by atoms with E-state index < -0.39 is 0 Å². The van der Waals surface area contributed by atoms with Crippen molar-refractivity contribution in [2.75, 3.05) is 0 Å². The monoisotopic (exact) mass is 258 g/mol. The van der Waals surface area contributed by atoms with Gasteiger partial charge in [0, 0.05) is 6.04 Å². The van der Waals surface area contributed by atoms with E-state index in [9.17, 15) is 0 Å². The highest BCUT2D eigenvalue weighted by Crippen LogP contribution is 2.34. The van der Waals surface area contributed by atoms with Crippen LogP contribution in [0.5, 0.6) is 0 Å². The molecule has 0 bridgehead atoms. The fourth-order valence-electron chi connectivity index (χ4n) is 2.97. The van der Waals surface area contributed by atoms with Crippen molar-refractivity contribution in [3.63, 3.8) is 0 Å². The zero-order chi connectivity index (χ0) is 12.4. The standard InChI is InChI=1S/C15H18N2S/c16-17-15(14-7-8-18-10-14)13-6-5-11-3-1-2-4-12(11)9-13/h1-4,7-8,10,13,15,17H,5-6,9,16H2. The van der Waals surface area contributed by atoms with Gasteiger partial charge in [-0.3, -0.25) is 11.3 Å². The van der Waals surface area contributed by atoms with Gasteiger partial charge < -0.3 is 0 Å². The van der Waals surface area contributed by atoms with Gasteiger partial charge in [-0.2, -0.15) is 11.3 Å². The molecule has 2 nitrogen and oxygen atoms in total. The van der Waals surface area contributed by atoms with E-state index in [1.54, 1.807) is 11.3 Å². The maximum atomic E-state index is 5.77. The number of nitrogens with one attached hydrogen (secondary N) is 1. The summed E-state index contributed by atoms with van der Waals surface area (Å²) in [6, 6.07) is 11.2. The third-order valence-corrected chi connectivity index (χ3v) is 4.64. The van der Waals surface area contributed by atoms with Gasteiger partial charge in [0.15, 0.2) is 0 Å². The Hall–Kier alpha value is -1.16. The lowest BCUT2D eigenvalue weighted by molar-refractivity contribution is 0.330. The summed E-state index contributed by atoms with van der Waals surface area (Å²) < 4.78 is 0. The van der Waals surface area contributed by atoms with Gasteiger partial charge in [-0.15, -0.1) is 0 Å². The van der Waals surface area contributed by atoms with E-state index in [4.69, 9.17) is 5.84 Å². The van der Waals surface area contributed by atoms with Crippen LogP contribution in [-0.2, 0) is 12.8 Å². The molecule has 0 amide bonds. The van der Waals surface area contributed by atoms with Gasteiger partial charge in [-0.25, -0.2) is 0 Å². The SMILES string of the molecule is NNC(c1ccsc1)C1CCc2ccccc2C1. The second-order valence-corrected chi connectivity index (χ2v) is 5.75. The Morgan fingerprint density at radius 2 is 2.06 bits per heavy atom. The van der Waals surface area contributed by atoms with Crippen molar-refractivity contribution in [1.29, 1.82) is 0 Å². The maximum absolute atomic E-state index is 5.77.